The number of imidazole rings is 1. The van der Waals surface area contributed by atoms with Crippen LogP contribution in [0.4, 0.5) is 0 Å². The van der Waals surface area contributed by atoms with Crippen LogP contribution in [0.1, 0.15) is 43.9 Å². The number of aromatic nitrogens is 2. The highest BCUT2D eigenvalue weighted by Gasteiger charge is 2.46. The van der Waals surface area contributed by atoms with Crippen LogP contribution in [0.15, 0.2) is 66.8 Å². The second-order valence-corrected chi connectivity index (χ2v) is 10.1. The molecule has 1 saturated heterocycles. The number of ether oxygens (including phenoxy) is 3. The molecule has 1 fully saturated rings. The number of hydrogen-bond donors (Lipinski definition) is 1. The number of amides is 1. The van der Waals surface area contributed by atoms with E-state index in [1.54, 1.807) is 30.7 Å². The highest BCUT2D eigenvalue weighted by molar-refractivity contribution is 6.46. The monoisotopic (exact) mass is 531 g/mol. The summed E-state index contributed by atoms with van der Waals surface area (Å²) in [6.07, 6.45) is 6.77. The molecule has 2 aliphatic heterocycles. The van der Waals surface area contributed by atoms with E-state index < -0.39 is 17.7 Å². The van der Waals surface area contributed by atoms with E-state index in [-0.39, 0.29) is 11.3 Å². The largest absolute Gasteiger partial charge is 0.507 e. The van der Waals surface area contributed by atoms with Gasteiger partial charge in [-0.1, -0.05) is 26.0 Å². The van der Waals surface area contributed by atoms with E-state index in [0.717, 1.165) is 6.42 Å². The standard InChI is InChI=1S/C30H33N3O6/c1-20(2)9-14-37-23-6-3-5-21(17-23)27-26(28(34)22-7-8-24-25(18-22)39-16-15-38-24)29(35)30(36)33(27)12-4-11-32-13-10-31-19-32/h3,5-8,10,13,17-20,27,34H,4,9,11-12,14-16H2,1-2H3/t27-/m1/s1. The smallest absolute Gasteiger partial charge is 0.295 e. The average molecular weight is 532 g/mol. The maximum Gasteiger partial charge on any atom is 0.295 e. The molecular formula is C30H33N3O6. The Bertz CT molecular complexity index is 1360. The number of carbonyl (C=O) groups is 2. The molecule has 0 aliphatic carbocycles. The molecule has 9 heteroatoms. The summed E-state index contributed by atoms with van der Waals surface area (Å²) >= 11 is 0. The first-order valence-corrected chi connectivity index (χ1v) is 13.3. The molecule has 39 heavy (non-hydrogen) atoms. The summed E-state index contributed by atoms with van der Waals surface area (Å²) in [5.41, 5.74) is 1.11. The number of likely N-dealkylation sites (tertiary alicyclic amines) is 1. The highest BCUT2D eigenvalue weighted by atomic mass is 16.6. The summed E-state index contributed by atoms with van der Waals surface area (Å²) in [6, 6.07) is 11.6. The van der Waals surface area contributed by atoms with Gasteiger partial charge in [0.05, 0.1) is 24.5 Å². The van der Waals surface area contributed by atoms with E-state index >= 15 is 0 Å². The maximum atomic E-state index is 13.4. The zero-order valence-electron chi connectivity index (χ0n) is 22.2. The topological polar surface area (TPSA) is 103 Å². The molecule has 1 aromatic heterocycles. The molecule has 204 valence electrons. The van der Waals surface area contributed by atoms with Gasteiger partial charge in [0.15, 0.2) is 11.5 Å². The molecule has 1 amide bonds. The predicted octanol–water partition coefficient (Wildman–Crippen LogP) is 4.59. The maximum absolute atomic E-state index is 13.4. The van der Waals surface area contributed by atoms with Crippen LogP contribution in [0.25, 0.3) is 5.76 Å². The average Bonchev–Trinajstić information content (AvgIpc) is 3.55. The van der Waals surface area contributed by atoms with Gasteiger partial charge in [-0.25, -0.2) is 4.98 Å². The Morgan fingerprint density at radius 3 is 2.69 bits per heavy atom. The molecule has 5 rings (SSSR count). The number of Topliss-reactive ketones (excluding diaryl/α,β-unsaturated/α-hetero) is 1. The number of aliphatic hydroxyl groups is 1. The second-order valence-electron chi connectivity index (χ2n) is 10.1. The van der Waals surface area contributed by atoms with Gasteiger partial charge in [0.25, 0.3) is 11.7 Å². The summed E-state index contributed by atoms with van der Waals surface area (Å²) in [4.78, 5) is 32.3. The van der Waals surface area contributed by atoms with Crippen molar-refractivity contribution < 1.29 is 28.9 Å². The minimum Gasteiger partial charge on any atom is -0.507 e. The first-order chi connectivity index (χ1) is 18.9. The normalized spacial score (nSPS) is 18.1. The lowest BCUT2D eigenvalue weighted by Gasteiger charge is -2.26. The third-order valence-corrected chi connectivity index (χ3v) is 6.87. The number of nitrogens with zero attached hydrogens (tertiary/aromatic N) is 3. The van der Waals surface area contributed by atoms with E-state index in [2.05, 4.69) is 18.8 Å². The lowest BCUT2D eigenvalue weighted by atomic mass is 9.95. The van der Waals surface area contributed by atoms with Gasteiger partial charge in [0.1, 0.15) is 24.7 Å². The van der Waals surface area contributed by atoms with Gasteiger partial charge >= 0.3 is 0 Å². The Balaban J connectivity index is 1.50. The number of ketones is 1. The van der Waals surface area contributed by atoms with Crippen molar-refractivity contribution in [3.8, 4) is 17.2 Å². The summed E-state index contributed by atoms with van der Waals surface area (Å²) in [6.45, 7) is 6.62. The van der Waals surface area contributed by atoms with E-state index in [4.69, 9.17) is 14.2 Å². The van der Waals surface area contributed by atoms with Crippen LogP contribution >= 0.6 is 0 Å². The second kappa shape index (κ2) is 11.6. The van der Waals surface area contributed by atoms with Gasteiger partial charge in [-0.2, -0.15) is 0 Å². The van der Waals surface area contributed by atoms with E-state index in [9.17, 15) is 14.7 Å². The molecule has 0 unspecified atom stereocenters. The molecule has 1 N–H and O–H groups in total. The Hall–Kier alpha value is -4.27. The molecule has 2 aromatic carbocycles. The molecule has 0 bridgehead atoms. The Morgan fingerprint density at radius 1 is 1.10 bits per heavy atom. The molecule has 3 aromatic rings. The van der Waals surface area contributed by atoms with Crippen molar-refractivity contribution in [2.24, 2.45) is 5.92 Å². The first kappa shape index (κ1) is 26.3. The number of hydrogen-bond acceptors (Lipinski definition) is 7. The van der Waals surface area contributed by atoms with Gasteiger partial charge in [-0.15, -0.1) is 0 Å². The van der Waals surface area contributed by atoms with Gasteiger partial charge in [0, 0.05) is 31.0 Å². The first-order valence-electron chi connectivity index (χ1n) is 13.3. The molecule has 2 aliphatic rings. The van der Waals surface area contributed by atoms with Crippen LogP contribution in [0.5, 0.6) is 17.2 Å². The van der Waals surface area contributed by atoms with Crippen LogP contribution in [0, 0.1) is 5.92 Å². The third kappa shape index (κ3) is 5.77. The van der Waals surface area contributed by atoms with Crippen molar-refractivity contribution in [1.29, 1.82) is 0 Å². The number of fused-ring (bicyclic) bond motifs is 1. The fraction of sp³-hybridized carbons (Fsp3) is 0.367. The van der Waals surface area contributed by atoms with Gasteiger partial charge in [0.2, 0.25) is 0 Å². The molecule has 0 spiro atoms. The van der Waals surface area contributed by atoms with Crippen LogP contribution < -0.4 is 14.2 Å². The minimum absolute atomic E-state index is 0.0404. The van der Waals surface area contributed by atoms with E-state index in [1.807, 2.05) is 35.0 Å². The Labute approximate surface area is 227 Å². The number of carbonyl (C=O) groups excluding carboxylic acids is 2. The van der Waals surface area contributed by atoms with Crippen molar-refractivity contribution in [3.63, 3.8) is 0 Å². The van der Waals surface area contributed by atoms with Gasteiger partial charge in [-0.05, 0) is 54.7 Å². The zero-order valence-corrected chi connectivity index (χ0v) is 22.2. The molecule has 0 saturated carbocycles. The van der Waals surface area contributed by atoms with Crippen LogP contribution in [0.3, 0.4) is 0 Å². The van der Waals surface area contributed by atoms with Gasteiger partial charge in [-0.3, -0.25) is 9.59 Å². The molecule has 1 atom stereocenters. The SMILES string of the molecule is CC(C)CCOc1cccc([C@@H]2C(=C(O)c3ccc4c(c3)OCCO4)C(=O)C(=O)N2CCCn2ccnc2)c1. The van der Waals surface area contributed by atoms with Crippen molar-refractivity contribution in [2.75, 3.05) is 26.4 Å². The van der Waals surface area contributed by atoms with Crippen molar-refractivity contribution >= 4 is 17.4 Å². The summed E-state index contributed by atoms with van der Waals surface area (Å²) in [7, 11) is 0. The number of rotatable bonds is 10. The quantitative estimate of drug-likeness (QED) is 0.232. The Morgan fingerprint density at radius 2 is 1.92 bits per heavy atom. The highest BCUT2D eigenvalue weighted by Crippen LogP contribution is 2.41. The van der Waals surface area contributed by atoms with Crippen molar-refractivity contribution in [2.45, 2.75) is 39.3 Å². The zero-order chi connectivity index (χ0) is 27.4. The summed E-state index contributed by atoms with van der Waals surface area (Å²) in [5, 5.41) is 11.4. The number of aryl methyl sites for hydroxylation is 1. The van der Waals surface area contributed by atoms with E-state index in [1.165, 1.54) is 4.90 Å². The van der Waals surface area contributed by atoms with Crippen molar-refractivity contribution in [3.05, 3.63) is 77.9 Å². The third-order valence-electron chi connectivity index (χ3n) is 6.87. The summed E-state index contributed by atoms with van der Waals surface area (Å²) < 4.78 is 19.2. The van der Waals surface area contributed by atoms with Gasteiger partial charge < -0.3 is 28.8 Å². The number of benzene rings is 2. The van der Waals surface area contributed by atoms with E-state index in [0.29, 0.717) is 73.6 Å². The number of aliphatic hydroxyl groups excluding tert-OH is 1. The minimum atomic E-state index is -0.769. The molecule has 9 nitrogen and oxygen atoms in total. The fourth-order valence-corrected chi connectivity index (χ4v) is 4.83. The van der Waals surface area contributed by atoms with Crippen LogP contribution in [0.2, 0.25) is 0 Å². The lowest BCUT2D eigenvalue weighted by Crippen LogP contribution is -2.31. The lowest BCUT2D eigenvalue weighted by molar-refractivity contribution is -0.139. The Kier molecular flexibility index (Phi) is 7.86. The van der Waals surface area contributed by atoms with Crippen molar-refractivity contribution in [1.82, 2.24) is 14.5 Å². The molecule has 0 radical (unpaired) electrons. The molecule has 3 heterocycles. The fourth-order valence-electron chi connectivity index (χ4n) is 4.83. The van der Waals surface area contributed by atoms with Crippen LogP contribution in [-0.2, 0) is 16.1 Å². The molecular weight excluding hydrogens is 498 g/mol. The van der Waals surface area contributed by atoms with Crippen LogP contribution in [-0.4, -0.2) is 57.6 Å². The summed E-state index contributed by atoms with van der Waals surface area (Å²) in [5.74, 6) is 0.589. The predicted molar refractivity (Wildman–Crippen MR) is 145 cm³/mol.